The highest BCUT2D eigenvalue weighted by atomic mass is 16.5. The molecule has 3 heteroatoms. The van der Waals surface area contributed by atoms with E-state index in [4.69, 9.17) is 4.74 Å². The molecule has 2 unspecified atom stereocenters. The summed E-state index contributed by atoms with van der Waals surface area (Å²) in [5, 5.41) is 13.0. The lowest BCUT2D eigenvalue weighted by Gasteiger charge is -2.18. The Hall–Kier alpha value is -1.06. The molecule has 1 aliphatic carbocycles. The van der Waals surface area contributed by atoms with Gasteiger partial charge in [-0.05, 0) is 36.5 Å². The van der Waals surface area contributed by atoms with Crippen molar-refractivity contribution >= 4 is 0 Å². The number of ether oxygens (including phenoxy) is 1. The van der Waals surface area contributed by atoms with Crippen LogP contribution in [0.4, 0.5) is 0 Å². The summed E-state index contributed by atoms with van der Waals surface area (Å²) < 4.78 is 5.57. The molecular weight excluding hydrogens is 214 g/mol. The third kappa shape index (κ3) is 2.61. The molecule has 2 atom stereocenters. The molecule has 1 heterocycles. The predicted octanol–water partition coefficient (Wildman–Crippen LogP) is 1.91. The zero-order valence-corrected chi connectivity index (χ0v) is 9.93. The minimum absolute atomic E-state index is 0.339. The maximum Gasteiger partial charge on any atom is 0.115 e. The predicted molar refractivity (Wildman–Crippen MR) is 65.8 cm³/mol. The van der Waals surface area contributed by atoms with Crippen LogP contribution in [0.1, 0.15) is 18.4 Å². The van der Waals surface area contributed by atoms with Crippen LogP contribution >= 0.6 is 0 Å². The summed E-state index contributed by atoms with van der Waals surface area (Å²) in [6.07, 6.45) is 2.75. The van der Waals surface area contributed by atoms with E-state index in [1.807, 2.05) is 18.2 Å². The van der Waals surface area contributed by atoms with Gasteiger partial charge in [0.1, 0.15) is 5.75 Å². The first-order valence-electron chi connectivity index (χ1n) is 6.42. The molecule has 0 aromatic heterocycles. The van der Waals surface area contributed by atoms with Crippen LogP contribution in [0.15, 0.2) is 24.3 Å². The van der Waals surface area contributed by atoms with Crippen molar-refractivity contribution in [3.63, 3.8) is 0 Å². The van der Waals surface area contributed by atoms with Crippen molar-refractivity contribution in [2.45, 2.75) is 25.4 Å². The SMILES string of the molecule is Oc1cccc(CNC2COCC2C2CC2)c1. The lowest BCUT2D eigenvalue weighted by atomic mass is 9.98. The van der Waals surface area contributed by atoms with Gasteiger partial charge in [0.05, 0.1) is 13.2 Å². The average molecular weight is 233 g/mol. The zero-order valence-electron chi connectivity index (χ0n) is 9.93. The highest BCUT2D eigenvalue weighted by molar-refractivity contribution is 5.27. The van der Waals surface area contributed by atoms with E-state index in [0.717, 1.165) is 31.2 Å². The number of benzene rings is 1. The van der Waals surface area contributed by atoms with Gasteiger partial charge in [-0.15, -0.1) is 0 Å². The first kappa shape index (κ1) is 11.1. The van der Waals surface area contributed by atoms with E-state index in [9.17, 15) is 5.11 Å². The van der Waals surface area contributed by atoms with Crippen molar-refractivity contribution in [1.82, 2.24) is 5.32 Å². The first-order valence-corrected chi connectivity index (χ1v) is 6.42. The summed E-state index contributed by atoms with van der Waals surface area (Å²) in [4.78, 5) is 0. The quantitative estimate of drug-likeness (QED) is 0.834. The zero-order chi connectivity index (χ0) is 11.7. The van der Waals surface area contributed by atoms with E-state index in [0.29, 0.717) is 17.7 Å². The van der Waals surface area contributed by atoms with Crippen LogP contribution in [0, 0.1) is 11.8 Å². The second kappa shape index (κ2) is 4.67. The van der Waals surface area contributed by atoms with Gasteiger partial charge in [-0.3, -0.25) is 0 Å². The molecule has 0 radical (unpaired) electrons. The van der Waals surface area contributed by atoms with Gasteiger partial charge < -0.3 is 15.2 Å². The molecule has 0 bridgehead atoms. The van der Waals surface area contributed by atoms with Crippen molar-refractivity contribution in [1.29, 1.82) is 0 Å². The van der Waals surface area contributed by atoms with Crippen molar-refractivity contribution in [3.8, 4) is 5.75 Å². The Morgan fingerprint density at radius 2 is 2.18 bits per heavy atom. The number of phenolic OH excluding ortho intramolecular Hbond substituents is 1. The number of hydrogen-bond acceptors (Lipinski definition) is 3. The Bertz CT molecular complexity index is 390. The third-order valence-corrected chi connectivity index (χ3v) is 3.83. The monoisotopic (exact) mass is 233 g/mol. The topological polar surface area (TPSA) is 41.5 Å². The van der Waals surface area contributed by atoms with Crippen LogP contribution in [0.3, 0.4) is 0 Å². The van der Waals surface area contributed by atoms with Gasteiger partial charge in [-0.25, -0.2) is 0 Å². The molecule has 1 aromatic carbocycles. The summed E-state index contributed by atoms with van der Waals surface area (Å²) in [6, 6.07) is 7.93. The fourth-order valence-corrected chi connectivity index (χ4v) is 2.69. The molecule has 3 nitrogen and oxygen atoms in total. The number of aromatic hydroxyl groups is 1. The standard InChI is InChI=1S/C14H19NO2/c16-12-3-1-2-10(6-12)7-15-14-9-17-8-13(14)11-4-5-11/h1-3,6,11,13-16H,4-5,7-9H2. The fraction of sp³-hybridized carbons (Fsp3) is 0.571. The van der Waals surface area contributed by atoms with Gasteiger partial charge in [0, 0.05) is 18.5 Å². The van der Waals surface area contributed by atoms with E-state index in [1.54, 1.807) is 6.07 Å². The highest BCUT2D eigenvalue weighted by Gasteiger charge is 2.39. The summed E-state index contributed by atoms with van der Waals surface area (Å²) in [6.45, 7) is 2.56. The molecular formula is C14H19NO2. The maximum absolute atomic E-state index is 9.40. The van der Waals surface area contributed by atoms with E-state index in [1.165, 1.54) is 12.8 Å². The number of rotatable bonds is 4. The van der Waals surface area contributed by atoms with E-state index in [2.05, 4.69) is 5.32 Å². The summed E-state index contributed by atoms with van der Waals surface area (Å²) in [7, 11) is 0. The van der Waals surface area contributed by atoms with Crippen molar-refractivity contribution in [2.24, 2.45) is 11.8 Å². The molecule has 1 aromatic rings. The second-order valence-corrected chi connectivity index (χ2v) is 5.20. The van der Waals surface area contributed by atoms with E-state index >= 15 is 0 Å². The van der Waals surface area contributed by atoms with Gasteiger partial charge in [-0.2, -0.15) is 0 Å². The van der Waals surface area contributed by atoms with E-state index < -0.39 is 0 Å². The molecule has 1 saturated carbocycles. The Morgan fingerprint density at radius 3 is 2.94 bits per heavy atom. The molecule has 17 heavy (non-hydrogen) atoms. The largest absolute Gasteiger partial charge is 0.508 e. The first-order chi connectivity index (χ1) is 8.33. The van der Waals surface area contributed by atoms with Crippen LogP contribution in [0.25, 0.3) is 0 Å². The molecule has 92 valence electrons. The Kier molecular flexibility index (Phi) is 3.04. The smallest absolute Gasteiger partial charge is 0.115 e. The van der Waals surface area contributed by atoms with Crippen LogP contribution in [0.2, 0.25) is 0 Å². The second-order valence-electron chi connectivity index (χ2n) is 5.20. The average Bonchev–Trinajstić information content (AvgIpc) is 3.06. The number of nitrogens with one attached hydrogen (secondary N) is 1. The summed E-state index contributed by atoms with van der Waals surface area (Å²) >= 11 is 0. The van der Waals surface area contributed by atoms with Gasteiger partial charge in [0.15, 0.2) is 0 Å². The number of hydrogen-bond donors (Lipinski definition) is 2. The Morgan fingerprint density at radius 1 is 1.29 bits per heavy atom. The minimum Gasteiger partial charge on any atom is -0.508 e. The third-order valence-electron chi connectivity index (χ3n) is 3.83. The Labute approximate surface area is 102 Å². The summed E-state index contributed by atoms with van der Waals surface area (Å²) in [5.74, 6) is 1.93. The lowest BCUT2D eigenvalue weighted by molar-refractivity contribution is 0.180. The molecule has 1 aliphatic heterocycles. The normalized spacial score (nSPS) is 28.5. The van der Waals surface area contributed by atoms with Crippen LogP contribution in [-0.4, -0.2) is 24.4 Å². The highest BCUT2D eigenvalue weighted by Crippen LogP contribution is 2.40. The fourth-order valence-electron chi connectivity index (χ4n) is 2.69. The Balaban J connectivity index is 1.56. The molecule has 2 N–H and O–H groups in total. The van der Waals surface area contributed by atoms with Gasteiger partial charge in [-0.1, -0.05) is 12.1 Å². The van der Waals surface area contributed by atoms with Crippen molar-refractivity contribution in [2.75, 3.05) is 13.2 Å². The van der Waals surface area contributed by atoms with Gasteiger partial charge in [0.25, 0.3) is 0 Å². The van der Waals surface area contributed by atoms with Crippen molar-refractivity contribution in [3.05, 3.63) is 29.8 Å². The molecule has 0 amide bonds. The number of phenols is 1. The van der Waals surface area contributed by atoms with E-state index in [-0.39, 0.29) is 0 Å². The molecule has 2 fully saturated rings. The maximum atomic E-state index is 9.40. The van der Waals surface area contributed by atoms with Crippen LogP contribution in [0.5, 0.6) is 5.75 Å². The van der Waals surface area contributed by atoms with Crippen LogP contribution < -0.4 is 5.32 Å². The van der Waals surface area contributed by atoms with Crippen LogP contribution in [-0.2, 0) is 11.3 Å². The van der Waals surface area contributed by atoms with Crippen molar-refractivity contribution < 1.29 is 9.84 Å². The lowest BCUT2D eigenvalue weighted by Crippen LogP contribution is -2.35. The minimum atomic E-state index is 0.339. The molecule has 0 spiro atoms. The molecule has 1 saturated heterocycles. The molecule has 2 aliphatic rings. The molecule has 3 rings (SSSR count). The summed E-state index contributed by atoms with van der Waals surface area (Å²) in [5.41, 5.74) is 1.13. The van der Waals surface area contributed by atoms with Gasteiger partial charge >= 0.3 is 0 Å². The van der Waals surface area contributed by atoms with Gasteiger partial charge in [0.2, 0.25) is 0 Å².